The molecule has 5 N–H and O–H groups in total. The number of aliphatic carboxylic acids is 1. The smallest absolute Gasteiger partial charge is 0.494 e. The van der Waals surface area contributed by atoms with Crippen LogP contribution in [0.5, 0.6) is 5.75 Å². The first-order valence-electron chi connectivity index (χ1n) is 14.3. The Hall–Kier alpha value is -2.52. The van der Waals surface area contributed by atoms with E-state index in [1.54, 1.807) is 6.92 Å². The fourth-order valence-corrected chi connectivity index (χ4v) is 6.65. The maximum Gasteiger partial charge on any atom is 0.499 e. The monoisotopic (exact) mass is 572 g/mol. The number of unbranched alkanes of at least 4 members (excludes halogenated alkanes) is 1. The van der Waals surface area contributed by atoms with Crippen molar-refractivity contribution in [3.05, 3.63) is 65.9 Å². The van der Waals surface area contributed by atoms with E-state index in [2.05, 4.69) is 15.4 Å². The van der Waals surface area contributed by atoms with E-state index in [0.29, 0.717) is 13.0 Å². The number of hydrogen-bond donors (Lipinski definition) is 5. The highest BCUT2D eigenvalue weighted by Gasteiger charge is 2.45. The molecule has 4 rings (SSSR count). The molecule has 0 bridgehead atoms. The predicted molar refractivity (Wildman–Crippen MR) is 158 cm³/mol. The zero-order valence-corrected chi connectivity index (χ0v) is 24.2. The number of aromatic amines is 1. The van der Waals surface area contributed by atoms with Crippen molar-refractivity contribution in [2.75, 3.05) is 32.9 Å². The molecule has 3 aromatic rings. The van der Waals surface area contributed by atoms with Gasteiger partial charge in [-0.1, -0.05) is 36.8 Å². The van der Waals surface area contributed by atoms with Gasteiger partial charge in [-0.3, -0.25) is 4.79 Å². The highest BCUT2D eigenvalue weighted by atomic mass is 31.2. The molecule has 2 heterocycles. The molecule has 0 spiro atoms. The highest BCUT2D eigenvalue weighted by molar-refractivity contribution is 7.58. The number of para-hydroxylation sites is 1. The van der Waals surface area contributed by atoms with Gasteiger partial charge in [-0.25, -0.2) is 0 Å². The van der Waals surface area contributed by atoms with Gasteiger partial charge in [0.2, 0.25) is 0 Å². The normalized spacial score (nSPS) is 16.6. The third kappa shape index (κ3) is 9.26. The van der Waals surface area contributed by atoms with Crippen LogP contribution in [0.25, 0.3) is 10.9 Å². The number of aromatic nitrogens is 1. The molecule has 2 atom stereocenters. The molecule has 1 saturated heterocycles. The zero-order chi connectivity index (χ0) is 28.2. The number of carboxylic acid groups (broad SMARTS) is 1. The molecule has 218 valence electrons. The Morgan fingerprint density at radius 2 is 1.85 bits per heavy atom. The average molecular weight is 573 g/mol. The zero-order valence-electron chi connectivity index (χ0n) is 23.3. The number of carboxylic acids is 1. The van der Waals surface area contributed by atoms with Gasteiger partial charge in [-0.15, -0.1) is 5.09 Å². The van der Waals surface area contributed by atoms with Gasteiger partial charge < -0.3 is 20.1 Å². The Morgan fingerprint density at radius 1 is 1.07 bits per heavy atom. The Balaban J connectivity index is 1.24. The minimum absolute atomic E-state index is 0.160. The first-order valence-corrected chi connectivity index (χ1v) is 15.9. The number of ether oxygens (including phenoxy) is 1. The lowest BCUT2D eigenvalue weighted by Gasteiger charge is -2.22. The average Bonchev–Trinajstić information content (AvgIpc) is 3.37. The van der Waals surface area contributed by atoms with Crippen molar-refractivity contribution in [3.8, 4) is 5.75 Å². The summed E-state index contributed by atoms with van der Waals surface area (Å²) in [7, 11) is -3.61. The summed E-state index contributed by atoms with van der Waals surface area (Å²) in [5.74, 6) is 0.515. The van der Waals surface area contributed by atoms with Gasteiger partial charge in [-0.05, 0) is 80.9 Å². The van der Waals surface area contributed by atoms with Crippen molar-refractivity contribution in [1.29, 1.82) is 0 Å². The fraction of sp³-hybridized carbons (Fsp3) is 0.500. The largest absolute Gasteiger partial charge is 0.499 e. The van der Waals surface area contributed by atoms with Crippen molar-refractivity contribution in [2.45, 2.75) is 57.9 Å². The molecular weight excluding hydrogens is 529 g/mol. The van der Waals surface area contributed by atoms with Crippen LogP contribution >= 0.6 is 8.09 Å². The summed E-state index contributed by atoms with van der Waals surface area (Å²) in [6.45, 7) is 5.04. The number of fused-ring (bicyclic) bond motifs is 1. The van der Waals surface area contributed by atoms with Crippen LogP contribution in [0.2, 0.25) is 0 Å². The van der Waals surface area contributed by atoms with E-state index in [-0.39, 0.29) is 19.6 Å². The van der Waals surface area contributed by atoms with Crippen LogP contribution < -0.4 is 15.1 Å². The SMILES string of the molecule is CCO[P+](O)(N[C@@H](Cc1ccc(OCCCCC2CCNCC2)cc1)C(=O)O)OCCc1c[nH]c2ccccc12. The van der Waals surface area contributed by atoms with Crippen LogP contribution in [-0.2, 0) is 26.7 Å². The van der Waals surface area contributed by atoms with Gasteiger partial charge in [-0.2, -0.15) is 13.9 Å². The number of rotatable bonds is 17. The molecule has 1 aromatic heterocycles. The van der Waals surface area contributed by atoms with Crippen molar-refractivity contribution in [2.24, 2.45) is 5.92 Å². The Bertz CT molecular complexity index is 1180. The lowest BCUT2D eigenvalue weighted by Crippen LogP contribution is -2.39. The Labute approximate surface area is 237 Å². The minimum Gasteiger partial charge on any atom is -0.494 e. The second-order valence-corrected chi connectivity index (χ2v) is 12.1. The van der Waals surface area contributed by atoms with Gasteiger partial charge in [0.25, 0.3) is 0 Å². The molecule has 0 aliphatic carbocycles. The number of hydrogen-bond acceptors (Lipinski definition) is 7. The minimum atomic E-state index is -3.61. The summed E-state index contributed by atoms with van der Waals surface area (Å²) in [6, 6.07) is 14.3. The second kappa shape index (κ2) is 15.5. The third-order valence-electron chi connectivity index (χ3n) is 7.33. The van der Waals surface area contributed by atoms with Gasteiger partial charge in [0.15, 0.2) is 6.04 Å². The molecule has 1 aliphatic rings. The topological polar surface area (TPSA) is 125 Å². The van der Waals surface area contributed by atoms with E-state index >= 15 is 0 Å². The summed E-state index contributed by atoms with van der Waals surface area (Å²) >= 11 is 0. The lowest BCUT2D eigenvalue weighted by molar-refractivity contribution is -0.139. The van der Waals surface area contributed by atoms with E-state index in [1.807, 2.05) is 54.7 Å². The van der Waals surface area contributed by atoms with Crippen LogP contribution in [-0.4, -0.2) is 59.9 Å². The molecule has 0 amide bonds. The molecule has 2 aromatic carbocycles. The van der Waals surface area contributed by atoms with Crippen LogP contribution in [0, 0.1) is 5.92 Å². The molecule has 1 aliphatic heterocycles. The van der Waals surface area contributed by atoms with Crippen molar-refractivity contribution < 1.29 is 28.6 Å². The molecule has 0 radical (unpaired) electrons. The van der Waals surface area contributed by atoms with E-state index < -0.39 is 20.1 Å². The third-order valence-corrected chi connectivity index (χ3v) is 9.11. The van der Waals surface area contributed by atoms with Gasteiger partial charge in [0.05, 0.1) is 13.2 Å². The van der Waals surface area contributed by atoms with E-state index in [1.165, 1.54) is 25.7 Å². The molecule has 1 unspecified atom stereocenters. The molecule has 1 fully saturated rings. The molecule has 9 nitrogen and oxygen atoms in total. The summed E-state index contributed by atoms with van der Waals surface area (Å²) in [6.07, 6.45) is 8.62. The molecule has 0 saturated carbocycles. The number of H-pyrrole nitrogens is 1. The van der Waals surface area contributed by atoms with Crippen LogP contribution in [0.4, 0.5) is 0 Å². The summed E-state index contributed by atoms with van der Waals surface area (Å²) in [5, 5.41) is 17.1. The number of benzene rings is 2. The lowest BCUT2D eigenvalue weighted by atomic mass is 9.93. The molecular formula is C30H43N3O6P+. The Morgan fingerprint density at radius 3 is 2.60 bits per heavy atom. The maximum atomic E-state index is 12.1. The first-order chi connectivity index (χ1) is 19.5. The molecule has 40 heavy (non-hydrogen) atoms. The van der Waals surface area contributed by atoms with Crippen molar-refractivity contribution in [1.82, 2.24) is 15.4 Å². The van der Waals surface area contributed by atoms with Gasteiger partial charge >= 0.3 is 14.1 Å². The highest BCUT2D eigenvalue weighted by Crippen LogP contribution is 2.53. The van der Waals surface area contributed by atoms with E-state index in [4.69, 9.17) is 13.8 Å². The first kappa shape index (κ1) is 30.4. The fourth-order valence-electron chi connectivity index (χ4n) is 5.14. The van der Waals surface area contributed by atoms with Crippen molar-refractivity contribution in [3.63, 3.8) is 0 Å². The van der Waals surface area contributed by atoms with Crippen LogP contribution in [0.3, 0.4) is 0 Å². The second-order valence-electron chi connectivity index (χ2n) is 10.3. The maximum absolute atomic E-state index is 12.1. The molecule has 10 heteroatoms. The number of nitrogens with one attached hydrogen (secondary N) is 3. The summed E-state index contributed by atoms with van der Waals surface area (Å²) < 4.78 is 17.2. The van der Waals surface area contributed by atoms with Crippen LogP contribution in [0.15, 0.2) is 54.7 Å². The predicted octanol–water partition coefficient (Wildman–Crippen LogP) is 5.27. The number of piperidine rings is 1. The Kier molecular flexibility index (Phi) is 11.8. The summed E-state index contributed by atoms with van der Waals surface area (Å²) in [5.41, 5.74) is 2.89. The summed E-state index contributed by atoms with van der Waals surface area (Å²) in [4.78, 5) is 26.4. The van der Waals surface area contributed by atoms with Crippen molar-refractivity contribution >= 4 is 25.0 Å². The number of carbonyl (C=O) groups is 1. The van der Waals surface area contributed by atoms with Crippen LogP contribution in [0.1, 0.15) is 50.2 Å². The van der Waals surface area contributed by atoms with Gasteiger partial charge in [0.1, 0.15) is 12.4 Å². The van der Waals surface area contributed by atoms with E-state index in [9.17, 15) is 14.8 Å². The van der Waals surface area contributed by atoms with E-state index in [0.717, 1.165) is 53.2 Å². The standard InChI is InChI=1S/C30H42N3O6P/c1-2-38-40(36,39-20-16-25-22-32-28-9-4-3-8-27(25)28)33-29(30(34)35)21-24-10-12-26(13-11-24)37-19-6-5-7-23-14-17-31-18-15-23/h3-4,8-13,22-23,29,31-33,36H,2,5-7,14-21H2,1H3/p+1/t29-,40?/m0/s1. The quantitative estimate of drug-likeness (QED) is 0.110. The van der Waals surface area contributed by atoms with Gasteiger partial charge in [0, 0.05) is 29.9 Å².